The second-order valence-corrected chi connectivity index (χ2v) is 8.31. The van der Waals surface area contributed by atoms with E-state index in [4.69, 9.17) is 4.74 Å². The Kier molecular flexibility index (Phi) is 8.23. The first-order valence-corrected chi connectivity index (χ1v) is 11.2. The van der Waals surface area contributed by atoms with Gasteiger partial charge in [0.15, 0.2) is 0 Å². The van der Waals surface area contributed by atoms with E-state index >= 15 is 0 Å². The number of nitrogens with zero attached hydrogens (tertiary/aromatic N) is 1. The number of ether oxygens (including phenoxy) is 1. The molecule has 168 valence electrons. The van der Waals surface area contributed by atoms with Crippen LogP contribution in [0, 0.1) is 17.8 Å². The Morgan fingerprint density at radius 3 is 2.55 bits per heavy atom. The second kappa shape index (κ2) is 11.1. The summed E-state index contributed by atoms with van der Waals surface area (Å²) in [7, 11) is 0. The van der Waals surface area contributed by atoms with Crippen LogP contribution in [0.1, 0.15) is 38.7 Å². The zero-order valence-electron chi connectivity index (χ0n) is 18.4. The molecule has 0 bridgehead atoms. The molecule has 1 aliphatic carbocycles. The van der Waals surface area contributed by atoms with Gasteiger partial charge in [0.2, 0.25) is 17.7 Å². The number of benzene rings is 1. The standard InChI is InChI=1S/C24H33N3O4/c1-3-17(2)22(28)26-19-8-6-7-18(15-19)16-25-23(29)20-9-4-5-10-21(20)24(30)27-11-13-31-14-12-27/h4-8,15,17,20-21H,3,9-14,16H2,1-2H3,(H,25,29)(H,26,28)/t17-,20-,21+/m0/s1. The number of allylic oxidation sites excluding steroid dienone is 2. The number of anilines is 1. The van der Waals surface area contributed by atoms with Gasteiger partial charge in [-0.2, -0.15) is 0 Å². The monoisotopic (exact) mass is 427 g/mol. The number of rotatable bonds is 7. The van der Waals surface area contributed by atoms with Gasteiger partial charge in [-0.3, -0.25) is 14.4 Å². The number of nitrogens with one attached hydrogen (secondary N) is 2. The topological polar surface area (TPSA) is 87.7 Å². The van der Waals surface area contributed by atoms with Crippen LogP contribution in [0.25, 0.3) is 0 Å². The zero-order valence-corrected chi connectivity index (χ0v) is 18.4. The summed E-state index contributed by atoms with van der Waals surface area (Å²) in [5.74, 6) is -0.823. The Morgan fingerprint density at radius 2 is 1.84 bits per heavy atom. The van der Waals surface area contributed by atoms with Crippen molar-refractivity contribution in [2.75, 3.05) is 31.6 Å². The van der Waals surface area contributed by atoms with E-state index in [0.717, 1.165) is 17.7 Å². The lowest BCUT2D eigenvalue weighted by atomic mass is 9.81. The first kappa shape index (κ1) is 23.0. The highest BCUT2D eigenvalue weighted by atomic mass is 16.5. The molecule has 0 saturated carbocycles. The fourth-order valence-corrected chi connectivity index (χ4v) is 3.93. The molecule has 2 N–H and O–H groups in total. The SMILES string of the molecule is CC[C@H](C)C(=O)Nc1cccc(CNC(=O)[C@H]2CC=CC[C@H]2C(=O)N2CCOCC2)c1. The van der Waals surface area contributed by atoms with Gasteiger partial charge >= 0.3 is 0 Å². The summed E-state index contributed by atoms with van der Waals surface area (Å²) in [6.45, 7) is 6.50. The summed E-state index contributed by atoms with van der Waals surface area (Å²) >= 11 is 0. The molecule has 2 aliphatic rings. The molecule has 0 spiro atoms. The minimum absolute atomic E-state index is 0.0119. The largest absolute Gasteiger partial charge is 0.378 e. The summed E-state index contributed by atoms with van der Waals surface area (Å²) in [5, 5.41) is 5.91. The van der Waals surface area contributed by atoms with Crippen molar-refractivity contribution in [3.63, 3.8) is 0 Å². The lowest BCUT2D eigenvalue weighted by Crippen LogP contribution is -2.48. The average molecular weight is 428 g/mol. The Bertz CT molecular complexity index is 817. The Morgan fingerprint density at radius 1 is 1.13 bits per heavy atom. The number of hydrogen-bond donors (Lipinski definition) is 2. The van der Waals surface area contributed by atoms with Gasteiger partial charge in [0.05, 0.1) is 25.0 Å². The van der Waals surface area contributed by atoms with Gasteiger partial charge in [0, 0.05) is 31.2 Å². The van der Waals surface area contributed by atoms with Crippen molar-refractivity contribution < 1.29 is 19.1 Å². The van der Waals surface area contributed by atoms with Crippen molar-refractivity contribution in [2.45, 2.75) is 39.7 Å². The lowest BCUT2D eigenvalue weighted by molar-refractivity contribution is -0.145. The van der Waals surface area contributed by atoms with Crippen LogP contribution in [-0.2, 0) is 25.7 Å². The average Bonchev–Trinajstić information content (AvgIpc) is 2.82. The van der Waals surface area contributed by atoms with Gasteiger partial charge in [-0.15, -0.1) is 0 Å². The summed E-state index contributed by atoms with van der Waals surface area (Å²) in [5.41, 5.74) is 1.62. The van der Waals surface area contributed by atoms with Crippen LogP contribution < -0.4 is 10.6 Å². The third-order valence-corrected chi connectivity index (χ3v) is 6.13. The number of amides is 3. The molecule has 1 fully saturated rings. The van der Waals surface area contributed by atoms with Crippen molar-refractivity contribution in [3.8, 4) is 0 Å². The van der Waals surface area contributed by atoms with Crippen LogP contribution in [0.4, 0.5) is 5.69 Å². The smallest absolute Gasteiger partial charge is 0.227 e. The highest BCUT2D eigenvalue weighted by Gasteiger charge is 2.36. The van der Waals surface area contributed by atoms with E-state index in [0.29, 0.717) is 45.7 Å². The van der Waals surface area contributed by atoms with Crippen LogP contribution in [0.15, 0.2) is 36.4 Å². The molecule has 3 amide bonds. The third kappa shape index (κ3) is 6.17. The lowest BCUT2D eigenvalue weighted by Gasteiger charge is -2.34. The van der Waals surface area contributed by atoms with Gasteiger partial charge in [0.1, 0.15) is 0 Å². The van der Waals surface area contributed by atoms with E-state index in [-0.39, 0.29) is 35.5 Å². The summed E-state index contributed by atoms with van der Waals surface area (Å²) in [4.78, 5) is 39.9. The molecule has 1 aliphatic heterocycles. The Labute approximate surface area is 184 Å². The maximum absolute atomic E-state index is 13.0. The molecular formula is C24H33N3O4. The predicted octanol–water partition coefficient (Wildman–Crippen LogP) is 2.73. The highest BCUT2D eigenvalue weighted by Crippen LogP contribution is 2.28. The van der Waals surface area contributed by atoms with E-state index in [9.17, 15) is 14.4 Å². The minimum atomic E-state index is -0.367. The quantitative estimate of drug-likeness (QED) is 0.655. The van der Waals surface area contributed by atoms with E-state index in [1.807, 2.05) is 55.2 Å². The van der Waals surface area contributed by atoms with E-state index in [1.54, 1.807) is 0 Å². The van der Waals surface area contributed by atoms with Gasteiger partial charge in [0.25, 0.3) is 0 Å². The van der Waals surface area contributed by atoms with Crippen molar-refractivity contribution in [1.82, 2.24) is 10.2 Å². The maximum Gasteiger partial charge on any atom is 0.227 e. The predicted molar refractivity (Wildman–Crippen MR) is 119 cm³/mol. The van der Waals surface area contributed by atoms with Gasteiger partial charge in [-0.25, -0.2) is 0 Å². The number of carbonyl (C=O) groups is 3. The molecule has 7 nitrogen and oxygen atoms in total. The van der Waals surface area contributed by atoms with Crippen molar-refractivity contribution >= 4 is 23.4 Å². The molecule has 1 heterocycles. The molecule has 3 atom stereocenters. The molecule has 1 saturated heterocycles. The first-order chi connectivity index (χ1) is 15.0. The van der Waals surface area contributed by atoms with E-state index < -0.39 is 0 Å². The van der Waals surface area contributed by atoms with Crippen molar-refractivity contribution in [3.05, 3.63) is 42.0 Å². The highest BCUT2D eigenvalue weighted by molar-refractivity contribution is 5.92. The molecule has 1 aromatic carbocycles. The third-order valence-electron chi connectivity index (χ3n) is 6.13. The van der Waals surface area contributed by atoms with Crippen LogP contribution in [-0.4, -0.2) is 48.9 Å². The van der Waals surface area contributed by atoms with E-state index in [1.165, 1.54) is 0 Å². The molecular weight excluding hydrogens is 394 g/mol. The first-order valence-electron chi connectivity index (χ1n) is 11.2. The zero-order chi connectivity index (χ0) is 22.2. The second-order valence-electron chi connectivity index (χ2n) is 8.31. The molecule has 0 radical (unpaired) electrons. The van der Waals surface area contributed by atoms with Gasteiger partial charge in [-0.05, 0) is 37.0 Å². The molecule has 1 aromatic rings. The van der Waals surface area contributed by atoms with Crippen molar-refractivity contribution in [2.24, 2.45) is 17.8 Å². The normalized spacial score (nSPS) is 21.9. The van der Waals surface area contributed by atoms with Crippen LogP contribution >= 0.6 is 0 Å². The van der Waals surface area contributed by atoms with Crippen LogP contribution in [0.5, 0.6) is 0 Å². The van der Waals surface area contributed by atoms with Crippen LogP contribution in [0.2, 0.25) is 0 Å². The summed E-state index contributed by atoms with van der Waals surface area (Å²) in [6.07, 6.45) is 5.92. The molecule has 3 rings (SSSR count). The summed E-state index contributed by atoms with van der Waals surface area (Å²) < 4.78 is 5.34. The Hall–Kier alpha value is -2.67. The maximum atomic E-state index is 13.0. The summed E-state index contributed by atoms with van der Waals surface area (Å²) in [6, 6.07) is 7.49. The molecule has 7 heteroatoms. The minimum Gasteiger partial charge on any atom is -0.378 e. The molecule has 0 aromatic heterocycles. The molecule has 31 heavy (non-hydrogen) atoms. The molecule has 0 unspecified atom stereocenters. The fraction of sp³-hybridized carbons (Fsp3) is 0.542. The number of carbonyl (C=O) groups excluding carboxylic acids is 3. The van der Waals surface area contributed by atoms with Gasteiger partial charge < -0.3 is 20.3 Å². The van der Waals surface area contributed by atoms with Gasteiger partial charge in [-0.1, -0.05) is 38.1 Å². The van der Waals surface area contributed by atoms with Crippen molar-refractivity contribution in [1.29, 1.82) is 0 Å². The number of hydrogen-bond acceptors (Lipinski definition) is 4. The Balaban J connectivity index is 1.59. The van der Waals surface area contributed by atoms with E-state index in [2.05, 4.69) is 10.6 Å². The number of morpholine rings is 1. The fourth-order valence-electron chi connectivity index (χ4n) is 3.93. The van der Waals surface area contributed by atoms with Crippen LogP contribution in [0.3, 0.4) is 0 Å².